The lowest BCUT2D eigenvalue weighted by Crippen LogP contribution is -2.27. The second kappa shape index (κ2) is 9.32. The van der Waals surface area contributed by atoms with Gasteiger partial charge in [-0.3, -0.25) is 14.5 Å². The summed E-state index contributed by atoms with van der Waals surface area (Å²) in [6.07, 6.45) is 1.71. The molecule has 0 spiro atoms. The van der Waals surface area contributed by atoms with E-state index in [9.17, 15) is 9.59 Å². The second-order valence-electron chi connectivity index (χ2n) is 5.86. The van der Waals surface area contributed by atoms with Crippen LogP contribution in [0.3, 0.4) is 0 Å². The van der Waals surface area contributed by atoms with Gasteiger partial charge < -0.3 is 9.47 Å². The van der Waals surface area contributed by atoms with Crippen molar-refractivity contribution in [3.05, 3.63) is 60.5 Å². The van der Waals surface area contributed by atoms with Crippen molar-refractivity contribution in [1.29, 1.82) is 0 Å². The Morgan fingerprint density at radius 1 is 1.25 bits per heavy atom. The Kier molecular flexibility index (Phi) is 7.05. The maximum Gasteiger partial charge on any atom is 0.293 e. The van der Waals surface area contributed by atoms with Crippen LogP contribution >= 0.6 is 50.3 Å². The zero-order valence-corrected chi connectivity index (χ0v) is 19.8. The number of carbonyl (C=O) groups is 2. The first-order valence-electron chi connectivity index (χ1n) is 8.43. The zero-order valence-electron chi connectivity index (χ0n) is 15.2. The number of nitrogens with zero attached hydrogens (tertiary/aromatic N) is 1. The average Bonchev–Trinajstić information content (AvgIpc) is 2.91. The molecular formula is C20H17BrINO4S. The molecular weight excluding hydrogens is 557 g/mol. The van der Waals surface area contributed by atoms with Gasteiger partial charge in [0.1, 0.15) is 0 Å². The van der Waals surface area contributed by atoms with Gasteiger partial charge in [-0.1, -0.05) is 28.1 Å². The number of halogens is 2. The molecule has 3 rings (SSSR count). The SMILES string of the molecule is CCOc1c(I)cc(/C=C2/SC(=O)N(Cc3cccc(Br)c3)C2=O)cc1OC. The molecule has 1 aliphatic heterocycles. The largest absolute Gasteiger partial charge is 0.493 e. The molecule has 2 aromatic carbocycles. The zero-order chi connectivity index (χ0) is 20.3. The van der Waals surface area contributed by atoms with Crippen molar-refractivity contribution in [3.63, 3.8) is 0 Å². The number of hydrogen-bond acceptors (Lipinski definition) is 5. The number of hydrogen-bond donors (Lipinski definition) is 0. The van der Waals surface area contributed by atoms with Crippen LogP contribution in [0.15, 0.2) is 45.8 Å². The second-order valence-corrected chi connectivity index (χ2v) is 8.94. The van der Waals surface area contributed by atoms with Gasteiger partial charge in [-0.05, 0) is 82.7 Å². The summed E-state index contributed by atoms with van der Waals surface area (Å²) >= 11 is 6.52. The topological polar surface area (TPSA) is 55.8 Å². The van der Waals surface area contributed by atoms with Crippen LogP contribution < -0.4 is 9.47 Å². The van der Waals surface area contributed by atoms with Crippen molar-refractivity contribution >= 4 is 67.5 Å². The Balaban J connectivity index is 1.86. The van der Waals surface area contributed by atoms with Crippen molar-refractivity contribution in [2.24, 2.45) is 0 Å². The van der Waals surface area contributed by atoms with Crippen LogP contribution in [-0.2, 0) is 11.3 Å². The summed E-state index contributed by atoms with van der Waals surface area (Å²) in [6.45, 7) is 2.68. The smallest absolute Gasteiger partial charge is 0.293 e. The number of amides is 2. The lowest BCUT2D eigenvalue weighted by Gasteiger charge is -2.13. The van der Waals surface area contributed by atoms with Crippen LogP contribution in [0.4, 0.5) is 4.79 Å². The van der Waals surface area contributed by atoms with Gasteiger partial charge in [-0.25, -0.2) is 0 Å². The summed E-state index contributed by atoms with van der Waals surface area (Å²) in [5.74, 6) is 0.969. The van der Waals surface area contributed by atoms with E-state index in [2.05, 4.69) is 38.5 Å². The predicted molar refractivity (Wildman–Crippen MR) is 123 cm³/mol. The first-order chi connectivity index (χ1) is 13.4. The van der Waals surface area contributed by atoms with Crippen molar-refractivity contribution in [3.8, 4) is 11.5 Å². The van der Waals surface area contributed by atoms with Gasteiger partial charge >= 0.3 is 0 Å². The van der Waals surface area contributed by atoms with E-state index < -0.39 is 0 Å². The number of benzene rings is 2. The minimum Gasteiger partial charge on any atom is -0.493 e. The highest BCUT2D eigenvalue weighted by atomic mass is 127. The first kappa shape index (κ1) is 21.2. The molecule has 0 aliphatic carbocycles. The maximum atomic E-state index is 12.8. The number of thioether (sulfide) groups is 1. The minimum absolute atomic E-state index is 0.242. The molecule has 1 fully saturated rings. The maximum absolute atomic E-state index is 12.8. The normalized spacial score (nSPS) is 15.4. The predicted octanol–water partition coefficient (Wildman–Crippen LogP) is 5.70. The van der Waals surface area contributed by atoms with E-state index in [0.717, 1.165) is 30.9 Å². The van der Waals surface area contributed by atoms with Gasteiger partial charge in [0.05, 0.1) is 28.7 Å². The Morgan fingerprint density at radius 2 is 2.04 bits per heavy atom. The van der Waals surface area contributed by atoms with Crippen LogP contribution in [0.5, 0.6) is 11.5 Å². The molecule has 8 heteroatoms. The Labute approximate surface area is 189 Å². The minimum atomic E-state index is -0.294. The van der Waals surface area contributed by atoms with Crippen LogP contribution in [0, 0.1) is 3.57 Å². The summed E-state index contributed by atoms with van der Waals surface area (Å²) in [5, 5.41) is -0.274. The fraction of sp³-hybridized carbons (Fsp3) is 0.200. The summed E-state index contributed by atoms with van der Waals surface area (Å²) in [6, 6.07) is 11.3. The molecule has 28 heavy (non-hydrogen) atoms. The van der Waals surface area contributed by atoms with Crippen LogP contribution in [-0.4, -0.2) is 29.8 Å². The van der Waals surface area contributed by atoms with E-state index in [0.29, 0.717) is 23.0 Å². The summed E-state index contributed by atoms with van der Waals surface area (Å²) in [4.78, 5) is 26.8. The number of imide groups is 1. The molecule has 1 saturated heterocycles. The molecule has 2 amide bonds. The molecule has 0 radical (unpaired) electrons. The third-order valence-electron chi connectivity index (χ3n) is 3.94. The van der Waals surface area contributed by atoms with Crippen molar-refractivity contribution in [1.82, 2.24) is 4.90 Å². The average molecular weight is 574 g/mol. The van der Waals surface area contributed by atoms with Crippen LogP contribution in [0.2, 0.25) is 0 Å². The van der Waals surface area contributed by atoms with E-state index in [-0.39, 0.29) is 17.7 Å². The number of carbonyl (C=O) groups excluding carboxylic acids is 2. The van der Waals surface area contributed by atoms with Crippen LogP contribution in [0.25, 0.3) is 6.08 Å². The summed E-state index contributed by atoms with van der Waals surface area (Å²) in [7, 11) is 1.57. The molecule has 1 aliphatic rings. The number of methoxy groups -OCH3 is 1. The van der Waals surface area contributed by atoms with Gasteiger partial charge in [0, 0.05) is 4.47 Å². The molecule has 0 N–H and O–H groups in total. The molecule has 5 nitrogen and oxygen atoms in total. The molecule has 0 bridgehead atoms. The quantitative estimate of drug-likeness (QED) is 0.328. The third kappa shape index (κ3) is 4.72. The Hall–Kier alpha value is -1.52. The highest BCUT2D eigenvalue weighted by Crippen LogP contribution is 2.37. The fourth-order valence-electron chi connectivity index (χ4n) is 2.71. The molecule has 0 unspecified atom stereocenters. The van der Waals surface area contributed by atoms with E-state index in [1.54, 1.807) is 19.3 Å². The molecule has 0 aromatic heterocycles. The Bertz CT molecular complexity index is 963. The summed E-state index contributed by atoms with van der Waals surface area (Å²) < 4.78 is 12.8. The monoisotopic (exact) mass is 573 g/mol. The fourth-order valence-corrected chi connectivity index (χ4v) is 4.78. The molecule has 0 atom stereocenters. The molecule has 0 saturated carbocycles. The van der Waals surface area contributed by atoms with Crippen LogP contribution in [0.1, 0.15) is 18.1 Å². The highest BCUT2D eigenvalue weighted by Gasteiger charge is 2.35. The van der Waals surface area contributed by atoms with Crippen molar-refractivity contribution in [2.45, 2.75) is 13.5 Å². The molecule has 146 valence electrons. The lowest BCUT2D eigenvalue weighted by atomic mass is 10.1. The number of rotatable bonds is 6. The number of ether oxygens (including phenoxy) is 2. The standard InChI is InChI=1S/C20H17BrINO4S/c1-3-27-18-15(22)8-13(9-16(18)26-2)10-17-19(24)23(20(25)28-17)11-12-5-4-6-14(21)7-12/h4-10H,3,11H2,1-2H3/b17-10+. The molecule has 2 aromatic rings. The first-order valence-corrected chi connectivity index (χ1v) is 11.1. The van der Waals surface area contributed by atoms with Gasteiger partial charge in [0.25, 0.3) is 11.1 Å². The summed E-state index contributed by atoms with van der Waals surface area (Å²) in [5.41, 5.74) is 1.66. The van der Waals surface area contributed by atoms with E-state index in [1.807, 2.05) is 37.3 Å². The highest BCUT2D eigenvalue weighted by molar-refractivity contribution is 14.1. The van der Waals surface area contributed by atoms with Crippen molar-refractivity contribution < 1.29 is 19.1 Å². The van der Waals surface area contributed by atoms with Crippen molar-refractivity contribution in [2.75, 3.05) is 13.7 Å². The third-order valence-corrected chi connectivity index (χ3v) is 6.14. The van der Waals surface area contributed by atoms with Gasteiger partial charge in [0.15, 0.2) is 11.5 Å². The molecule has 1 heterocycles. The Morgan fingerprint density at radius 3 is 2.71 bits per heavy atom. The van der Waals surface area contributed by atoms with E-state index in [4.69, 9.17) is 9.47 Å². The van der Waals surface area contributed by atoms with Gasteiger partial charge in [-0.15, -0.1) is 0 Å². The lowest BCUT2D eigenvalue weighted by molar-refractivity contribution is -0.123. The van der Waals surface area contributed by atoms with Gasteiger partial charge in [0.2, 0.25) is 0 Å². The van der Waals surface area contributed by atoms with E-state index >= 15 is 0 Å². The van der Waals surface area contributed by atoms with E-state index in [1.165, 1.54) is 4.90 Å². The van der Waals surface area contributed by atoms with Gasteiger partial charge in [-0.2, -0.15) is 0 Å².